The Labute approximate surface area is 182 Å². The van der Waals surface area contributed by atoms with E-state index in [4.69, 9.17) is 0 Å². The Morgan fingerprint density at radius 1 is 1.15 bits per heavy atom. The van der Waals surface area contributed by atoms with E-state index in [1.165, 1.54) is 12.1 Å². The minimum absolute atomic E-state index is 0. The molecule has 0 bridgehead atoms. The number of rotatable bonds is 10. The molecular weight excluding hydrogens is 476 g/mol. The number of nitrogens with one attached hydrogen (secondary N) is 2. The summed E-state index contributed by atoms with van der Waals surface area (Å²) in [6, 6.07) is 6.64. The summed E-state index contributed by atoms with van der Waals surface area (Å²) >= 11 is 1.74. The van der Waals surface area contributed by atoms with Crippen LogP contribution in [-0.2, 0) is 6.54 Å². The molecule has 27 heavy (non-hydrogen) atoms. The fourth-order valence-corrected chi connectivity index (χ4v) is 3.33. The predicted octanol–water partition coefficient (Wildman–Crippen LogP) is 4.08. The lowest BCUT2D eigenvalue weighted by atomic mass is 10.3. The number of nitrogens with zero attached hydrogens (tertiary/aromatic N) is 3. The second kappa shape index (κ2) is 13.8. The molecule has 2 aromatic rings. The molecule has 2 rings (SSSR count). The standard InChI is InChI=1S/C19H28FN5S.HI/c1-16-22-12-14-25(16)13-4-3-10-23-19(21-2)24-11-5-15-26-18-8-6-17(20)7-9-18;/h6-9,12,14H,3-5,10-11,13,15H2,1-2H3,(H2,21,23,24);1H. The number of unbranched alkanes of at least 4 members (excludes halogenated alkanes) is 1. The van der Waals surface area contributed by atoms with E-state index in [9.17, 15) is 4.39 Å². The molecule has 0 unspecified atom stereocenters. The summed E-state index contributed by atoms with van der Waals surface area (Å²) in [4.78, 5) is 9.57. The molecule has 0 saturated carbocycles. The van der Waals surface area contributed by atoms with Crippen molar-refractivity contribution >= 4 is 41.7 Å². The van der Waals surface area contributed by atoms with Crippen LogP contribution in [0.2, 0.25) is 0 Å². The lowest BCUT2D eigenvalue weighted by Gasteiger charge is -2.12. The third-order valence-corrected chi connectivity index (χ3v) is 5.06. The number of hydrogen-bond acceptors (Lipinski definition) is 3. The molecule has 0 aliphatic rings. The van der Waals surface area contributed by atoms with Gasteiger partial charge in [-0.3, -0.25) is 4.99 Å². The number of thioether (sulfide) groups is 1. The summed E-state index contributed by atoms with van der Waals surface area (Å²) in [5, 5.41) is 6.67. The van der Waals surface area contributed by atoms with Gasteiger partial charge in [-0.25, -0.2) is 9.37 Å². The first kappa shape index (κ1) is 23.7. The molecule has 8 heteroatoms. The number of benzene rings is 1. The van der Waals surface area contributed by atoms with E-state index in [2.05, 4.69) is 25.2 Å². The number of aliphatic imine (C=N–C) groups is 1. The second-order valence-corrected chi connectivity index (χ2v) is 7.12. The van der Waals surface area contributed by atoms with Crippen LogP contribution in [0, 0.1) is 12.7 Å². The van der Waals surface area contributed by atoms with Crippen molar-refractivity contribution in [1.82, 2.24) is 20.2 Å². The van der Waals surface area contributed by atoms with Gasteiger partial charge in [0.25, 0.3) is 0 Å². The van der Waals surface area contributed by atoms with Crippen LogP contribution >= 0.6 is 35.7 Å². The van der Waals surface area contributed by atoms with Crippen molar-refractivity contribution in [2.75, 3.05) is 25.9 Å². The SMILES string of the molecule is CN=C(NCCCCn1ccnc1C)NCCCSc1ccc(F)cc1.I. The van der Waals surface area contributed by atoms with E-state index in [0.29, 0.717) is 0 Å². The van der Waals surface area contributed by atoms with Crippen molar-refractivity contribution in [2.24, 2.45) is 4.99 Å². The normalized spacial score (nSPS) is 11.1. The first-order valence-corrected chi connectivity index (χ1v) is 9.98. The summed E-state index contributed by atoms with van der Waals surface area (Å²) in [6.07, 6.45) is 7.07. The smallest absolute Gasteiger partial charge is 0.190 e. The number of hydrogen-bond donors (Lipinski definition) is 2. The summed E-state index contributed by atoms with van der Waals surface area (Å²) in [5.41, 5.74) is 0. The number of aryl methyl sites for hydroxylation is 2. The molecule has 1 aromatic heterocycles. The van der Waals surface area contributed by atoms with E-state index in [0.717, 1.165) is 61.3 Å². The highest BCUT2D eigenvalue weighted by Gasteiger charge is 1.99. The maximum absolute atomic E-state index is 12.9. The number of guanidine groups is 1. The number of halogens is 2. The van der Waals surface area contributed by atoms with Crippen LogP contribution in [0.1, 0.15) is 25.1 Å². The molecule has 0 aliphatic carbocycles. The fourth-order valence-electron chi connectivity index (χ4n) is 2.47. The van der Waals surface area contributed by atoms with Crippen LogP contribution in [-0.4, -0.2) is 41.4 Å². The van der Waals surface area contributed by atoms with Crippen molar-refractivity contribution in [1.29, 1.82) is 0 Å². The maximum atomic E-state index is 12.9. The lowest BCUT2D eigenvalue weighted by Crippen LogP contribution is -2.38. The van der Waals surface area contributed by atoms with Crippen LogP contribution in [0.4, 0.5) is 4.39 Å². The molecule has 0 fully saturated rings. The van der Waals surface area contributed by atoms with Crippen LogP contribution < -0.4 is 10.6 Å². The van der Waals surface area contributed by atoms with Gasteiger partial charge in [0.15, 0.2) is 5.96 Å². The molecule has 0 atom stereocenters. The van der Waals surface area contributed by atoms with Gasteiger partial charge in [0, 0.05) is 44.0 Å². The highest BCUT2D eigenvalue weighted by atomic mass is 127. The van der Waals surface area contributed by atoms with E-state index >= 15 is 0 Å². The highest BCUT2D eigenvalue weighted by Crippen LogP contribution is 2.18. The summed E-state index contributed by atoms with van der Waals surface area (Å²) < 4.78 is 15.0. The quantitative estimate of drug-likeness (QED) is 0.168. The zero-order valence-corrected chi connectivity index (χ0v) is 19.1. The van der Waals surface area contributed by atoms with Gasteiger partial charge in [0.2, 0.25) is 0 Å². The Morgan fingerprint density at radius 3 is 2.48 bits per heavy atom. The zero-order valence-electron chi connectivity index (χ0n) is 15.9. The van der Waals surface area contributed by atoms with Gasteiger partial charge in [-0.2, -0.15) is 0 Å². The summed E-state index contributed by atoms with van der Waals surface area (Å²) in [6.45, 7) is 4.79. The Bertz CT molecular complexity index is 675. The van der Waals surface area contributed by atoms with Gasteiger partial charge < -0.3 is 15.2 Å². The van der Waals surface area contributed by atoms with Gasteiger partial charge in [-0.1, -0.05) is 0 Å². The van der Waals surface area contributed by atoms with Gasteiger partial charge in [0.05, 0.1) is 0 Å². The van der Waals surface area contributed by atoms with Crippen molar-refractivity contribution < 1.29 is 4.39 Å². The molecule has 0 aliphatic heterocycles. The van der Waals surface area contributed by atoms with Crippen molar-refractivity contribution in [2.45, 2.75) is 37.6 Å². The van der Waals surface area contributed by atoms with E-state index in [1.807, 2.05) is 31.5 Å². The zero-order chi connectivity index (χ0) is 18.6. The van der Waals surface area contributed by atoms with Crippen LogP contribution in [0.25, 0.3) is 0 Å². The molecule has 0 radical (unpaired) electrons. The van der Waals surface area contributed by atoms with E-state index in [-0.39, 0.29) is 29.8 Å². The molecule has 5 nitrogen and oxygen atoms in total. The Balaban J connectivity index is 0.00000364. The van der Waals surface area contributed by atoms with Crippen molar-refractivity contribution in [3.63, 3.8) is 0 Å². The largest absolute Gasteiger partial charge is 0.356 e. The Hall–Kier alpha value is -1.29. The topological polar surface area (TPSA) is 54.2 Å². The molecule has 0 spiro atoms. The van der Waals surface area contributed by atoms with Crippen molar-refractivity contribution in [3.8, 4) is 0 Å². The molecular formula is C19H29FIN5S. The van der Waals surface area contributed by atoms with Crippen LogP contribution in [0.3, 0.4) is 0 Å². The third-order valence-electron chi connectivity index (χ3n) is 3.96. The van der Waals surface area contributed by atoms with Crippen molar-refractivity contribution in [3.05, 3.63) is 48.3 Å². The number of aromatic nitrogens is 2. The van der Waals surface area contributed by atoms with E-state index < -0.39 is 0 Å². The molecule has 1 aromatic carbocycles. The average molecular weight is 505 g/mol. The minimum Gasteiger partial charge on any atom is -0.356 e. The lowest BCUT2D eigenvalue weighted by molar-refractivity contribution is 0.588. The minimum atomic E-state index is -0.189. The molecule has 2 N–H and O–H groups in total. The van der Waals surface area contributed by atoms with Gasteiger partial charge in [0.1, 0.15) is 11.6 Å². The third kappa shape index (κ3) is 9.46. The first-order valence-electron chi connectivity index (χ1n) is 8.99. The summed E-state index contributed by atoms with van der Waals surface area (Å²) in [5.74, 6) is 2.70. The predicted molar refractivity (Wildman–Crippen MR) is 123 cm³/mol. The Kier molecular flexibility index (Phi) is 12.2. The van der Waals surface area contributed by atoms with Gasteiger partial charge in [-0.15, -0.1) is 35.7 Å². The molecule has 1 heterocycles. The summed E-state index contributed by atoms with van der Waals surface area (Å²) in [7, 11) is 1.79. The molecule has 0 amide bonds. The van der Waals surface area contributed by atoms with E-state index in [1.54, 1.807) is 18.8 Å². The Morgan fingerprint density at radius 2 is 1.85 bits per heavy atom. The van der Waals surface area contributed by atoms with Crippen LogP contribution in [0.15, 0.2) is 46.5 Å². The molecule has 150 valence electrons. The number of imidazole rings is 1. The molecule has 0 saturated heterocycles. The fraction of sp³-hybridized carbons (Fsp3) is 0.474. The maximum Gasteiger partial charge on any atom is 0.190 e. The highest BCUT2D eigenvalue weighted by molar-refractivity contribution is 14.0. The van der Waals surface area contributed by atoms with Gasteiger partial charge >= 0.3 is 0 Å². The monoisotopic (exact) mass is 505 g/mol. The van der Waals surface area contributed by atoms with Crippen LogP contribution in [0.5, 0.6) is 0 Å². The van der Waals surface area contributed by atoms with Gasteiger partial charge in [-0.05, 0) is 56.2 Å². The second-order valence-electron chi connectivity index (χ2n) is 5.96. The first-order chi connectivity index (χ1) is 12.7. The average Bonchev–Trinajstić information content (AvgIpc) is 3.06.